The van der Waals surface area contributed by atoms with Crippen LogP contribution in [0.1, 0.15) is 38.5 Å². The van der Waals surface area contributed by atoms with Crippen molar-refractivity contribution in [1.82, 2.24) is 0 Å². The molecule has 7 aliphatic rings. The lowest BCUT2D eigenvalue weighted by Crippen LogP contribution is -2.72. The number of ether oxygens (including phenoxy) is 2. The molecule has 0 heterocycles. The lowest BCUT2D eigenvalue weighted by atomic mass is 9.34. The highest BCUT2D eigenvalue weighted by Gasteiger charge is 2.71. The quantitative estimate of drug-likeness (QED) is 0.653. The predicted octanol–water partition coefficient (Wildman–Crippen LogP) is 4.73. The molecule has 0 aromatic rings. The standard InChI is InChI=1S/C18H22F6O2/c19-17(20,21)7-25-15-1-9-10-4-16(26-8-18(22,23)24)5-11(9)13(3-15)14(6-16)12(10)2-15/h9-14H,1-8H2. The van der Waals surface area contributed by atoms with Crippen LogP contribution < -0.4 is 0 Å². The van der Waals surface area contributed by atoms with Gasteiger partial charge in [-0.3, -0.25) is 0 Å². The third-order valence-electron chi connectivity index (χ3n) is 8.03. The summed E-state index contributed by atoms with van der Waals surface area (Å²) in [5.41, 5.74) is -1.33. The van der Waals surface area contributed by atoms with Crippen molar-refractivity contribution in [2.75, 3.05) is 13.2 Å². The third kappa shape index (κ3) is 2.61. The van der Waals surface area contributed by atoms with Gasteiger partial charge in [0.05, 0.1) is 11.2 Å². The van der Waals surface area contributed by atoms with Crippen molar-refractivity contribution in [2.24, 2.45) is 35.5 Å². The zero-order valence-corrected chi connectivity index (χ0v) is 14.2. The molecule has 0 aromatic heterocycles. The van der Waals surface area contributed by atoms with Gasteiger partial charge in [0.15, 0.2) is 0 Å². The first kappa shape index (κ1) is 17.6. The summed E-state index contributed by atoms with van der Waals surface area (Å²) in [6, 6.07) is 0. The Bertz CT molecular complexity index is 482. The lowest BCUT2D eigenvalue weighted by molar-refractivity contribution is -0.326. The third-order valence-corrected chi connectivity index (χ3v) is 8.03. The molecule has 0 spiro atoms. The first-order valence-electron chi connectivity index (χ1n) is 9.40. The van der Waals surface area contributed by atoms with Gasteiger partial charge < -0.3 is 9.47 Å². The van der Waals surface area contributed by atoms with E-state index >= 15 is 0 Å². The van der Waals surface area contributed by atoms with E-state index in [4.69, 9.17) is 9.47 Å². The van der Waals surface area contributed by atoms with Gasteiger partial charge in [-0.05, 0) is 74.0 Å². The SMILES string of the molecule is FC(F)(F)COC12CC3C4CC5(OCC(F)(F)F)CC3C(C1)C(C5)C4C2. The van der Waals surface area contributed by atoms with Gasteiger partial charge in [0.1, 0.15) is 13.2 Å². The summed E-state index contributed by atoms with van der Waals surface area (Å²) < 4.78 is 86.8. The summed E-state index contributed by atoms with van der Waals surface area (Å²) in [6.07, 6.45) is -4.85. The minimum atomic E-state index is -4.32. The van der Waals surface area contributed by atoms with Crippen LogP contribution in [0.4, 0.5) is 26.3 Å². The fraction of sp³-hybridized carbons (Fsp3) is 1.00. The number of alkyl halides is 6. The average Bonchev–Trinajstić information content (AvgIpc) is 2.54. The molecule has 7 aliphatic carbocycles. The summed E-state index contributed by atoms with van der Waals surface area (Å²) in [5.74, 6) is 1.75. The molecule has 7 saturated carbocycles. The van der Waals surface area contributed by atoms with Crippen LogP contribution in [0, 0.1) is 35.5 Å². The van der Waals surface area contributed by atoms with Crippen LogP contribution in [-0.2, 0) is 9.47 Å². The van der Waals surface area contributed by atoms with Gasteiger partial charge >= 0.3 is 12.4 Å². The van der Waals surface area contributed by atoms with Crippen LogP contribution in [0.2, 0.25) is 0 Å². The fourth-order valence-electron chi connectivity index (χ4n) is 7.62. The Morgan fingerprint density at radius 3 is 0.962 bits per heavy atom. The average molecular weight is 384 g/mol. The maximum absolute atomic E-state index is 12.7. The molecule has 0 unspecified atom stereocenters. The van der Waals surface area contributed by atoms with E-state index in [1.165, 1.54) is 0 Å². The molecular weight excluding hydrogens is 362 g/mol. The summed E-state index contributed by atoms with van der Waals surface area (Å²) >= 11 is 0. The molecule has 0 atom stereocenters. The van der Waals surface area contributed by atoms with E-state index in [2.05, 4.69) is 0 Å². The van der Waals surface area contributed by atoms with Crippen LogP contribution in [-0.4, -0.2) is 36.8 Å². The van der Waals surface area contributed by atoms with Crippen LogP contribution in [0.5, 0.6) is 0 Å². The Hall–Kier alpha value is -0.500. The van der Waals surface area contributed by atoms with Crippen molar-refractivity contribution in [3.8, 4) is 0 Å². The highest BCUT2D eigenvalue weighted by Crippen LogP contribution is 2.74. The monoisotopic (exact) mass is 384 g/mol. The molecule has 0 radical (unpaired) electrons. The van der Waals surface area contributed by atoms with E-state index in [0.29, 0.717) is 74.0 Å². The van der Waals surface area contributed by atoms with E-state index < -0.39 is 36.8 Å². The predicted molar refractivity (Wildman–Crippen MR) is 78.1 cm³/mol. The molecule has 26 heavy (non-hydrogen) atoms. The van der Waals surface area contributed by atoms with Crippen LogP contribution in [0.3, 0.4) is 0 Å². The lowest BCUT2D eigenvalue weighted by Gasteiger charge is -2.74. The normalized spacial score (nSPS) is 51.5. The molecule has 0 N–H and O–H groups in total. The van der Waals surface area contributed by atoms with E-state index in [9.17, 15) is 26.3 Å². The molecule has 0 saturated heterocycles. The van der Waals surface area contributed by atoms with Gasteiger partial charge in [-0.15, -0.1) is 0 Å². The van der Waals surface area contributed by atoms with Crippen molar-refractivity contribution in [1.29, 1.82) is 0 Å². The van der Waals surface area contributed by atoms with Gasteiger partial charge in [-0.2, -0.15) is 26.3 Å². The van der Waals surface area contributed by atoms with Gasteiger partial charge in [-0.25, -0.2) is 0 Å². The molecule has 2 nitrogen and oxygen atoms in total. The Morgan fingerprint density at radius 1 is 0.538 bits per heavy atom. The smallest absolute Gasteiger partial charge is 0.366 e. The van der Waals surface area contributed by atoms with E-state index in [-0.39, 0.29) is 0 Å². The topological polar surface area (TPSA) is 18.5 Å². The second kappa shape index (κ2) is 5.10. The van der Waals surface area contributed by atoms with Gasteiger partial charge in [0, 0.05) is 0 Å². The van der Waals surface area contributed by atoms with Crippen molar-refractivity contribution in [3.05, 3.63) is 0 Å². The fourth-order valence-corrected chi connectivity index (χ4v) is 7.62. The van der Waals surface area contributed by atoms with Gasteiger partial charge in [0.25, 0.3) is 0 Å². The van der Waals surface area contributed by atoms with Gasteiger partial charge in [0.2, 0.25) is 0 Å². The summed E-state index contributed by atoms with van der Waals surface area (Å²) in [7, 11) is 0. The molecule has 7 fully saturated rings. The number of halogens is 6. The highest BCUT2D eigenvalue weighted by atomic mass is 19.4. The second-order valence-corrected chi connectivity index (χ2v) is 9.38. The Kier molecular flexibility index (Phi) is 3.45. The summed E-state index contributed by atoms with van der Waals surface area (Å²) in [4.78, 5) is 0. The first-order valence-corrected chi connectivity index (χ1v) is 9.40. The minimum Gasteiger partial charge on any atom is -0.366 e. The zero-order valence-electron chi connectivity index (χ0n) is 14.2. The molecule has 8 bridgehead atoms. The Morgan fingerprint density at radius 2 is 0.769 bits per heavy atom. The van der Waals surface area contributed by atoms with Crippen molar-refractivity contribution in [3.63, 3.8) is 0 Å². The minimum absolute atomic E-state index is 0.292. The second-order valence-electron chi connectivity index (χ2n) is 9.38. The van der Waals surface area contributed by atoms with Crippen LogP contribution in [0.15, 0.2) is 0 Å². The zero-order chi connectivity index (χ0) is 18.5. The molecule has 7 rings (SSSR count). The molecule has 0 amide bonds. The number of rotatable bonds is 4. The highest BCUT2D eigenvalue weighted by molar-refractivity contribution is 5.21. The largest absolute Gasteiger partial charge is 0.411 e. The van der Waals surface area contributed by atoms with E-state index in [1.54, 1.807) is 0 Å². The van der Waals surface area contributed by atoms with Crippen molar-refractivity contribution >= 4 is 0 Å². The van der Waals surface area contributed by atoms with E-state index in [1.807, 2.05) is 0 Å². The maximum atomic E-state index is 12.7. The summed E-state index contributed by atoms with van der Waals surface area (Å²) in [6.45, 7) is -2.39. The Labute approximate surface area is 147 Å². The van der Waals surface area contributed by atoms with Crippen molar-refractivity contribution in [2.45, 2.75) is 62.1 Å². The van der Waals surface area contributed by atoms with Crippen LogP contribution >= 0.6 is 0 Å². The van der Waals surface area contributed by atoms with Gasteiger partial charge in [-0.1, -0.05) is 0 Å². The Balaban J connectivity index is 1.35. The molecule has 148 valence electrons. The molecule has 0 aliphatic heterocycles. The van der Waals surface area contributed by atoms with Crippen LogP contribution in [0.25, 0.3) is 0 Å². The first-order chi connectivity index (χ1) is 12.0. The number of hydrogen-bond donors (Lipinski definition) is 0. The maximum Gasteiger partial charge on any atom is 0.411 e. The van der Waals surface area contributed by atoms with E-state index in [0.717, 1.165) is 0 Å². The molecule has 8 heteroatoms. The summed E-state index contributed by atoms with van der Waals surface area (Å²) in [5, 5.41) is 0. The molecular formula is C18H22F6O2. The van der Waals surface area contributed by atoms with Crippen molar-refractivity contribution < 1.29 is 35.8 Å². The number of hydrogen-bond acceptors (Lipinski definition) is 2. The molecule has 0 aromatic carbocycles.